The van der Waals surface area contributed by atoms with Gasteiger partial charge >= 0.3 is 5.97 Å². The van der Waals surface area contributed by atoms with Gasteiger partial charge in [-0.2, -0.15) is 0 Å². The molecule has 0 saturated carbocycles. The van der Waals surface area contributed by atoms with Gasteiger partial charge in [-0.1, -0.05) is 20.8 Å². The number of anilines is 1. The Kier molecular flexibility index (Phi) is 3.96. The average Bonchev–Trinajstić information content (AvgIpc) is 2.31. The van der Waals surface area contributed by atoms with E-state index >= 15 is 0 Å². The van der Waals surface area contributed by atoms with Crippen molar-refractivity contribution in [3.05, 3.63) is 23.8 Å². The first kappa shape index (κ1) is 14.0. The average molecular weight is 251 g/mol. The maximum atomic E-state index is 11.9. The normalized spacial score (nSPS) is 11.1. The number of hydrogen-bond donors (Lipinski definition) is 3. The van der Waals surface area contributed by atoms with Crippen LogP contribution >= 0.6 is 0 Å². The van der Waals surface area contributed by atoms with Crippen molar-refractivity contribution in [3.8, 4) is 5.75 Å². The van der Waals surface area contributed by atoms with E-state index in [4.69, 9.17) is 5.11 Å². The van der Waals surface area contributed by atoms with Gasteiger partial charge in [-0.05, 0) is 24.6 Å². The molecule has 5 nitrogen and oxygen atoms in total. The van der Waals surface area contributed by atoms with Gasteiger partial charge in [-0.3, -0.25) is 4.79 Å². The van der Waals surface area contributed by atoms with Gasteiger partial charge in [0.05, 0.1) is 11.3 Å². The van der Waals surface area contributed by atoms with Crippen LogP contribution in [-0.2, 0) is 4.79 Å². The molecule has 0 aliphatic rings. The monoisotopic (exact) mass is 251 g/mol. The second-order valence-electron chi connectivity index (χ2n) is 4.73. The summed E-state index contributed by atoms with van der Waals surface area (Å²) in [6.07, 6.45) is 0.660. The summed E-state index contributed by atoms with van der Waals surface area (Å²) in [7, 11) is 0. The zero-order chi connectivity index (χ0) is 13.9. The minimum atomic E-state index is -1.13. The lowest BCUT2D eigenvalue weighted by molar-refractivity contribution is -0.124. The van der Waals surface area contributed by atoms with Gasteiger partial charge in [-0.15, -0.1) is 0 Å². The zero-order valence-corrected chi connectivity index (χ0v) is 10.7. The summed E-state index contributed by atoms with van der Waals surface area (Å²) in [6.45, 7) is 5.49. The number of carboxylic acids is 1. The third-order valence-electron chi connectivity index (χ3n) is 2.99. The van der Waals surface area contributed by atoms with Gasteiger partial charge < -0.3 is 15.5 Å². The molecule has 0 spiro atoms. The minimum absolute atomic E-state index is 0.0275. The summed E-state index contributed by atoms with van der Waals surface area (Å²) in [5.41, 5.74) is -0.357. The van der Waals surface area contributed by atoms with E-state index in [1.54, 1.807) is 13.8 Å². The van der Waals surface area contributed by atoms with E-state index < -0.39 is 11.4 Å². The lowest BCUT2D eigenvalue weighted by atomic mass is 9.89. The Morgan fingerprint density at radius 1 is 1.33 bits per heavy atom. The molecule has 0 unspecified atom stereocenters. The van der Waals surface area contributed by atoms with Crippen LogP contribution in [0.3, 0.4) is 0 Å². The highest BCUT2D eigenvalue weighted by molar-refractivity contribution is 5.97. The van der Waals surface area contributed by atoms with E-state index in [9.17, 15) is 14.7 Å². The Morgan fingerprint density at radius 2 is 1.94 bits per heavy atom. The Balaban J connectivity index is 2.93. The molecule has 3 N–H and O–H groups in total. The predicted octanol–water partition coefficient (Wildman–Crippen LogP) is 2.47. The number of carbonyl (C=O) groups excluding carboxylic acids is 1. The number of aromatic carboxylic acids is 1. The molecule has 0 fully saturated rings. The van der Waals surface area contributed by atoms with E-state index in [0.717, 1.165) is 6.07 Å². The number of carboxylic acid groups (broad SMARTS) is 1. The molecule has 0 bridgehead atoms. The number of phenolic OH excluding ortho intramolecular Hbond substituents is 1. The molecule has 1 aromatic rings. The number of phenols is 1. The summed E-state index contributed by atoms with van der Waals surface area (Å²) in [5.74, 6) is -1.60. The second-order valence-corrected chi connectivity index (χ2v) is 4.73. The number of aromatic hydroxyl groups is 1. The number of hydrogen-bond acceptors (Lipinski definition) is 3. The van der Waals surface area contributed by atoms with Gasteiger partial charge in [0.2, 0.25) is 5.91 Å². The van der Waals surface area contributed by atoms with Gasteiger partial charge in [0.15, 0.2) is 0 Å². The molecule has 1 rings (SSSR count). The lowest BCUT2D eigenvalue weighted by Crippen LogP contribution is -2.30. The van der Waals surface area contributed by atoms with E-state index in [2.05, 4.69) is 5.32 Å². The molecule has 0 aliphatic carbocycles. The van der Waals surface area contributed by atoms with E-state index in [1.807, 2.05) is 6.92 Å². The molecule has 1 amide bonds. The highest BCUT2D eigenvalue weighted by Crippen LogP contribution is 2.28. The number of rotatable bonds is 4. The molecule has 0 heterocycles. The first-order valence-electron chi connectivity index (χ1n) is 5.65. The molecule has 98 valence electrons. The molecule has 0 aliphatic heterocycles. The van der Waals surface area contributed by atoms with Crippen LogP contribution in [0.25, 0.3) is 0 Å². The molecular weight excluding hydrogens is 234 g/mol. The Hall–Kier alpha value is -2.04. The van der Waals surface area contributed by atoms with Crippen molar-refractivity contribution in [2.24, 2.45) is 5.41 Å². The maximum absolute atomic E-state index is 11.9. The molecule has 1 aromatic carbocycles. The van der Waals surface area contributed by atoms with Gasteiger partial charge in [0.25, 0.3) is 0 Å². The lowest BCUT2D eigenvalue weighted by Gasteiger charge is -2.21. The quantitative estimate of drug-likeness (QED) is 0.717. The van der Waals surface area contributed by atoms with Crippen LogP contribution in [-0.4, -0.2) is 22.1 Å². The first-order chi connectivity index (χ1) is 8.27. The smallest absolute Gasteiger partial charge is 0.335 e. The van der Waals surface area contributed by atoms with E-state index in [-0.39, 0.29) is 22.9 Å². The standard InChI is InChI=1S/C13H17NO4/c1-4-13(2,3)12(18)14-9-6-5-8(11(16)17)7-10(9)15/h5-7,15H,4H2,1-3H3,(H,14,18)(H,16,17). The maximum Gasteiger partial charge on any atom is 0.335 e. The van der Waals surface area contributed by atoms with Crippen LogP contribution in [0.15, 0.2) is 18.2 Å². The van der Waals surface area contributed by atoms with Crippen LogP contribution in [0.1, 0.15) is 37.6 Å². The topological polar surface area (TPSA) is 86.6 Å². The van der Waals surface area contributed by atoms with Crippen LogP contribution in [0.5, 0.6) is 5.75 Å². The first-order valence-corrected chi connectivity index (χ1v) is 5.65. The van der Waals surface area contributed by atoms with Crippen LogP contribution < -0.4 is 5.32 Å². The van der Waals surface area contributed by atoms with Crippen molar-refractivity contribution < 1.29 is 19.8 Å². The number of nitrogens with one attached hydrogen (secondary N) is 1. The fourth-order valence-corrected chi connectivity index (χ4v) is 1.22. The highest BCUT2D eigenvalue weighted by atomic mass is 16.4. The van der Waals surface area contributed by atoms with Crippen LogP contribution in [0.4, 0.5) is 5.69 Å². The summed E-state index contributed by atoms with van der Waals surface area (Å²) >= 11 is 0. The summed E-state index contributed by atoms with van der Waals surface area (Å²) < 4.78 is 0. The summed E-state index contributed by atoms with van der Waals surface area (Å²) in [4.78, 5) is 22.6. The molecule has 5 heteroatoms. The fraction of sp³-hybridized carbons (Fsp3) is 0.385. The van der Waals surface area contributed by atoms with Crippen molar-refractivity contribution in [1.82, 2.24) is 0 Å². The largest absolute Gasteiger partial charge is 0.506 e. The molecule has 0 aromatic heterocycles. The van der Waals surface area contributed by atoms with E-state index in [1.165, 1.54) is 12.1 Å². The highest BCUT2D eigenvalue weighted by Gasteiger charge is 2.26. The van der Waals surface area contributed by atoms with Crippen molar-refractivity contribution in [2.75, 3.05) is 5.32 Å². The van der Waals surface area contributed by atoms with Gasteiger partial charge in [0, 0.05) is 5.41 Å². The number of benzene rings is 1. The Morgan fingerprint density at radius 3 is 2.39 bits per heavy atom. The zero-order valence-electron chi connectivity index (χ0n) is 10.7. The molecule has 0 saturated heterocycles. The summed E-state index contributed by atoms with van der Waals surface area (Å²) in [5, 5.41) is 21.0. The van der Waals surface area contributed by atoms with Gasteiger partial charge in [-0.25, -0.2) is 4.79 Å². The van der Waals surface area contributed by atoms with Crippen LogP contribution in [0, 0.1) is 5.41 Å². The van der Waals surface area contributed by atoms with Crippen LogP contribution in [0.2, 0.25) is 0 Å². The molecule has 0 atom stereocenters. The van der Waals surface area contributed by atoms with Crippen molar-refractivity contribution in [1.29, 1.82) is 0 Å². The third-order valence-corrected chi connectivity index (χ3v) is 2.99. The number of amides is 1. The fourth-order valence-electron chi connectivity index (χ4n) is 1.22. The van der Waals surface area contributed by atoms with Crippen molar-refractivity contribution in [2.45, 2.75) is 27.2 Å². The molecule has 18 heavy (non-hydrogen) atoms. The SMILES string of the molecule is CCC(C)(C)C(=O)Nc1ccc(C(=O)O)cc1O. The van der Waals surface area contributed by atoms with Crippen molar-refractivity contribution in [3.63, 3.8) is 0 Å². The predicted molar refractivity (Wildman–Crippen MR) is 67.8 cm³/mol. The Bertz CT molecular complexity index is 480. The summed E-state index contributed by atoms with van der Waals surface area (Å²) in [6, 6.07) is 3.82. The second kappa shape index (κ2) is 5.08. The Labute approximate surface area is 105 Å². The van der Waals surface area contributed by atoms with E-state index in [0.29, 0.717) is 6.42 Å². The molecular formula is C13H17NO4. The third kappa shape index (κ3) is 3.00. The van der Waals surface area contributed by atoms with Gasteiger partial charge in [0.1, 0.15) is 5.75 Å². The minimum Gasteiger partial charge on any atom is -0.506 e. The number of carbonyl (C=O) groups is 2. The van der Waals surface area contributed by atoms with Crippen molar-refractivity contribution >= 4 is 17.6 Å². The molecule has 0 radical (unpaired) electrons.